The number of ether oxygens (including phenoxy) is 1. The third-order valence-electron chi connectivity index (χ3n) is 8.63. The summed E-state index contributed by atoms with van der Waals surface area (Å²) in [6.45, 7) is 5.75. The first-order chi connectivity index (χ1) is 20.6. The molecule has 232 valence electrons. The van der Waals surface area contributed by atoms with Crippen LogP contribution in [0.5, 0.6) is 5.75 Å². The van der Waals surface area contributed by atoms with Crippen LogP contribution < -0.4 is 10.5 Å². The van der Waals surface area contributed by atoms with Crippen LogP contribution in [-0.2, 0) is 6.54 Å². The molecule has 6 nitrogen and oxygen atoms in total. The lowest BCUT2D eigenvalue weighted by molar-refractivity contribution is -0.0551. The van der Waals surface area contributed by atoms with Gasteiger partial charge in [0, 0.05) is 56.2 Å². The number of hydrogen-bond acceptors (Lipinski definition) is 6. The molecule has 2 atom stereocenters. The van der Waals surface area contributed by atoms with Gasteiger partial charge in [-0.15, -0.1) is 0 Å². The molecule has 5 rings (SSSR count). The second-order valence-corrected chi connectivity index (χ2v) is 11.5. The highest BCUT2D eigenvalue weighted by Gasteiger charge is 2.38. The molecular weight excluding hydrogens is 558 g/mol. The molecule has 43 heavy (non-hydrogen) atoms. The molecule has 2 unspecified atom stereocenters. The zero-order valence-corrected chi connectivity index (χ0v) is 25.1. The predicted octanol–water partition coefficient (Wildman–Crippen LogP) is 6.49. The van der Waals surface area contributed by atoms with E-state index in [-0.39, 0.29) is 42.7 Å². The van der Waals surface area contributed by atoms with Gasteiger partial charge in [-0.25, -0.2) is 27.6 Å². The van der Waals surface area contributed by atoms with Gasteiger partial charge < -0.3 is 20.4 Å². The van der Waals surface area contributed by atoms with Crippen molar-refractivity contribution in [2.45, 2.75) is 64.5 Å². The number of likely N-dealkylation sites (tertiary alicyclic amines) is 1. The number of nitrogens with two attached hydrogens (primary N) is 1. The monoisotopic (exact) mass is 599 g/mol. The maximum absolute atomic E-state index is 15.1. The number of hydrogen-bond donors (Lipinski definition) is 1. The maximum Gasteiger partial charge on any atom is 0.250 e. The van der Waals surface area contributed by atoms with Crippen LogP contribution in [0.3, 0.4) is 0 Å². The van der Waals surface area contributed by atoms with Crippen LogP contribution in [0.1, 0.15) is 51.5 Å². The van der Waals surface area contributed by atoms with E-state index in [0.717, 1.165) is 36.2 Å². The Morgan fingerprint density at radius 1 is 1.07 bits per heavy atom. The molecule has 10 heteroatoms. The van der Waals surface area contributed by atoms with E-state index in [4.69, 9.17) is 15.5 Å². The zero-order valence-electron chi connectivity index (χ0n) is 25.1. The molecule has 1 aromatic rings. The molecule has 0 bridgehead atoms. The lowest BCUT2D eigenvalue weighted by Gasteiger charge is -2.32. The Kier molecular flexibility index (Phi) is 9.46. The number of hydrazine groups is 1. The van der Waals surface area contributed by atoms with Crippen molar-refractivity contribution in [1.29, 1.82) is 0 Å². The summed E-state index contributed by atoms with van der Waals surface area (Å²) in [6.07, 6.45) is 14.3. The van der Waals surface area contributed by atoms with Gasteiger partial charge in [0.1, 0.15) is 23.2 Å². The number of benzene rings is 1. The van der Waals surface area contributed by atoms with E-state index in [1.165, 1.54) is 12.1 Å². The number of halogens is 4. The fourth-order valence-corrected chi connectivity index (χ4v) is 6.18. The minimum absolute atomic E-state index is 0.00599. The molecule has 0 saturated carbocycles. The van der Waals surface area contributed by atoms with Gasteiger partial charge in [0.25, 0.3) is 5.92 Å². The second kappa shape index (κ2) is 13.1. The van der Waals surface area contributed by atoms with Crippen molar-refractivity contribution in [1.82, 2.24) is 14.9 Å². The summed E-state index contributed by atoms with van der Waals surface area (Å²) in [4.78, 5) is 6.99. The largest absolute Gasteiger partial charge is 0.494 e. The van der Waals surface area contributed by atoms with Crippen molar-refractivity contribution in [3.8, 4) is 5.75 Å². The summed E-state index contributed by atoms with van der Waals surface area (Å²) in [5, 5.41) is 3.84. The van der Waals surface area contributed by atoms with E-state index in [1.807, 2.05) is 41.4 Å². The number of nitrogens with zero attached hydrogens (tertiary/aromatic N) is 4. The van der Waals surface area contributed by atoms with Crippen molar-refractivity contribution in [2.75, 3.05) is 33.3 Å². The number of rotatable bonds is 10. The first kappa shape index (κ1) is 31.1. The van der Waals surface area contributed by atoms with Gasteiger partial charge in [-0.2, -0.15) is 0 Å². The fraction of sp³-hybridized carbons (Fsp3) is 0.485. The second-order valence-electron chi connectivity index (χ2n) is 11.5. The van der Waals surface area contributed by atoms with Crippen LogP contribution in [0.15, 0.2) is 76.1 Å². The molecule has 0 amide bonds. The summed E-state index contributed by atoms with van der Waals surface area (Å²) in [5.74, 6) is -3.18. The molecule has 0 spiro atoms. The van der Waals surface area contributed by atoms with Crippen LogP contribution in [-0.4, -0.2) is 66.0 Å². The molecule has 1 aromatic carbocycles. The van der Waals surface area contributed by atoms with Crippen molar-refractivity contribution in [3.05, 3.63) is 88.3 Å². The van der Waals surface area contributed by atoms with Gasteiger partial charge in [-0.1, -0.05) is 37.3 Å². The number of amidine groups is 1. The first-order valence-corrected chi connectivity index (χ1v) is 15.2. The van der Waals surface area contributed by atoms with Gasteiger partial charge in [-0.05, 0) is 50.3 Å². The van der Waals surface area contributed by atoms with E-state index < -0.39 is 17.6 Å². The Bertz CT molecular complexity index is 1360. The molecule has 1 aliphatic carbocycles. The number of fused-ring (bicyclic) bond motifs is 1. The number of likely N-dealkylation sites (N-methyl/N-ethyl adjacent to an activating group) is 1. The maximum atomic E-state index is 15.1. The third-order valence-corrected chi connectivity index (χ3v) is 8.63. The van der Waals surface area contributed by atoms with Crippen molar-refractivity contribution < 1.29 is 22.3 Å². The average molecular weight is 600 g/mol. The van der Waals surface area contributed by atoms with Gasteiger partial charge in [0.05, 0.1) is 30.6 Å². The van der Waals surface area contributed by atoms with Crippen LogP contribution in [0.2, 0.25) is 0 Å². The topological polar surface area (TPSA) is 57.3 Å². The number of aliphatic imine (C=N–C) groups is 1. The van der Waals surface area contributed by atoms with Crippen molar-refractivity contribution >= 4 is 5.84 Å². The molecule has 3 aliphatic heterocycles. The summed E-state index contributed by atoms with van der Waals surface area (Å²) in [7, 11) is 1.88. The van der Waals surface area contributed by atoms with E-state index in [9.17, 15) is 8.78 Å². The van der Waals surface area contributed by atoms with Crippen LogP contribution in [0.25, 0.3) is 0 Å². The van der Waals surface area contributed by atoms with E-state index in [1.54, 1.807) is 6.92 Å². The van der Waals surface area contributed by atoms with Crippen LogP contribution >= 0.6 is 0 Å². The Labute approximate surface area is 251 Å². The molecule has 1 fully saturated rings. The highest BCUT2D eigenvalue weighted by atomic mass is 19.3. The summed E-state index contributed by atoms with van der Waals surface area (Å²) < 4.78 is 62.6. The molecular formula is C33H41F4N5O. The van der Waals surface area contributed by atoms with Crippen molar-refractivity contribution in [2.24, 2.45) is 16.6 Å². The molecule has 0 aromatic heterocycles. The molecule has 3 heterocycles. The van der Waals surface area contributed by atoms with Gasteiger partial charge >= 0.3 is 0 Å². The highest BCUT2D eigenvalue weighted by molar-refractivity contribution is 5.98. The quantitative estimate of drug-likeness (QED) is 0.312. The summed E-state index contributed by atoms with van der Waals surface area (Å²) in [5.41, 5.74) is 10.0. The molecule has 4 aliphatic rings. The van der Waals surface area contributed by atoms with E-state index in [2.05, 4.69) is 24.0 Å². The Morgan fingerprint density at radius 3 is 2.47 bits per heavy atom. The number of piperidine rings is 1. The highest BCUT2D eigenvalue weighted by Crippen LogP contribution is 2.39. The Morgan fingerprint density at radius 2 is 1.79 bits per heavy atom. The van der Waals surface area contributed by atoms with Gasteiger partial charge in [0.2, 0.25) is 0 Å². The first-order valence-electron chi connectivity index (χ1n) is 15.2. The Hall–Kier alpha value is -3.37. The molecule has 0 radical (unpaired) electrons. The summed E-state index contributed by atoms with van der Waals surface area (Å²) in [6, 6.07) is 2.21. The SMILES string of the molecule is CCOc1cc(F)c(CN2C3C=CC=CC3=C(C3=CC(CC)C=C(CCCN4CCC(F)(F)CC4)C(N)=N3)N2C)c(F)c1. The van der Waals surface area contributed by atoms with E-state index >= 15 is 8.78 Å². The lowest BCUT2D eigenvalue weighted by atomic mass is 9.97. The lowest BCUT2D eigenvalue weighted by Crippen LogP contribution is -2.40. The predicted molar refractivity (Wildman–Crippen MR) is 161 cm³/mol. The fourth-order valence-electron chi connectivity index (χ4n) is 6.18. The standard InChI is InChI=1S/C33H41F4N5O/c1-4-22-17-23(9-8-14-41-15-12-33(36,37)13-16-41)32(38)39-29(18-22)31-25-10-6-7-11-30(25)42(40(31)3)21-26-27(34)19-24(43-5-2)20-28(26)35/h6-7,10-11,17-20,22,30H,4-5,8-9,12-16,21H2,1-3H3,(H2,38,39). The average Bonchev–Trinajstić information content (AvgIpc) is 3.14. The van der Waals surface area contributed by atoms with Gasteiger partial charge in [-0.3, -0.25) is 0 Å². The van der Waals surface area contributed by atoms with E-state index in [0.29, 0.717) is 37.6 Å². The smallest absolute Gasteiger partial charge is 0.250 e. The minimum Gasteiger partial charge on any atom is -0.494 e. The summed E-state index contributed by atoms with van der Waals surface area (Å²) >= 11 is 0. The number of allylic oxidation sites excluding steroid dienone is 4. The minimum atomic E-state index is -2.55. The number of alkyl halides is 2. The molecule has 2 N–H and O–H groups in total. The van der Waals surface area contributed by atoms with Gasteiger partial charge in [0.15, 0.2) is 0 Å². The Balaban J connectivity index is 1.35. The van der Waals surface area contributed by atoms with Crippen LogP contribution in [0, 0.1) is 17.6 Å². The molecule has 1 saturated heterocycles. The van der Waals surface area contributed by atoms with Crippen LogP contribution in [0.4, 0.5) is 17.6 Å². The zero-order chi connectivity index (χ0) is 30.7. The normalized spacial score (nSPS) is 24.1. The van der Waals surface area contributed by atoms with Crippen molar-refractivity contribution in [3.63, 3.8) is 0 Å². The third kappa shape index (κ3) is 6.91.